The minimum absolute atomic E-state index is 0.0417. The van der Waals surface area contributed by atoms with Crippen molar-refractivity contribution in [2.45, 2.75) is 32.6 Å². The molecule has 1 atom stereocenters. The number of fused-ring (bicyclic) bond motifs is 1. The summed E-state index contributed by atoms with van der Waals surface area (Å²) in [6.07, 6.45) is 5.33. The van der Waals surface area contributed by atoms with Crippen LogP contribution in [0.25, 0.3) is 5.65 Å². The smallest absolute Gasteiger partial charge is 0.185 e. The second kappa shape index (κ2) is 6.86. The van der Waals surface area contributed by atoms with Gasteiger partial charge in [-0.2, -0.15) is 9.61 Å². The molecule has 6 nitrogen and oxygen atoms in total. The van der Waals surface area contributed by atoms with Gasteiger partial charge in [-0.3, -0.25) is 9.78 Å². The molecule has 0 spiro atoms. The number of pyridine rings is 1. The number of Topliss-reactive ketones (excluding diaryl/α,β-unsaturated/α-hetero) is 1. The van der Waals surface area contributed by atoms with Gasteiger partial charge in [-0.25, -0.2) is 4.98 Å². The lowest BCUT2D eigenvalue weighted by Crippen LogP contribution is -2.40. The van der Waals surface area contributed by atoms with Gasteiger partial charge in [0.15, 0.2) is 11.4 Å². The van der Waals surface area contributed by atoms with Crippen LogP contribution in [-0.2, 0) is 0 Å². The van der Waals surface area contributed by atoms with Crippen molar-refractivity contribution in [1.82, 2.24) is 19.6 Å². The van der Waals surface area contributed by atoms with Crippen molar-refractivity contribution in [1.29, 1.82) is 0 Å². The van der Waals surface area contributed by atoms with E-state index in [-0.39, 0.29) is 11.7 Å². The molecule has 4 rings (SSSR count). The molecule has 0 aliphatic carbocycles. The van der Waals surface area contributed by atoms with E-state index in [0.717, 1.165) is 36.5 Å². The van der Waals surface area contributed by atoms with E-state index in [0.29, 0.717) is 18.2 Å². The number of rotatable bonds is 4. The Bertz CT molecular complexity index is 918. The molecule has 4 heterocycles. The summed E-state index contributed by atoms with van der Waals surface area (Å²) in [6, 6.07) is 9.54. The first-order chi connectivity index (χ1) is 12.6. The number of carbonyl (C=O) groups excluding carboxylic acids is 1. The highest BCUT2D eigenvalue weighted by Gasteiger charge is 2.29. The molecular weight excluding hydrogens is 326 g/mol. The highest BCUT2D eigenvalue weighted by atomic mass is 16.1. The fourth-order valence-corrected chi connectivity index (χ4v) is 3.55. The molecule has 0 radical (unpaired) electrons. The van der Waals surface area contributed by atoms with Crippen molar-refractivity contribution in [3.8, 4) is 0 Å². The van der Waals surface area contributed by atoms with Crippen molar-refractivity contribution < 1.29 is 4.79 Å². The molecule has 26 heavy (non-hydrogen) atoms. The van der Waals surface area contributed by atoms with Crippen LogP contribution in [0.15, 0.2) is 42.7 Å². The first-order valence-electron chi connectivity index (χ1n) is 9.18. The lowest BCUT2D eigenvalue weighted by atomic mass is 9.92. The van der Waals surface area contributed by atoms with Gasteiger partial charge in [-0.1, -0.05) is 19.9 Å². The van der Waals surface area contributed by atoms with E-state index in [1.165, 1.54) is 0 Å². The van der Waals surface area contributed by atoms with Gasteiger partial charge < -0.3 is 4.90 Å². The Kier molecular flexibility index (Phi) is 4.41. The number of hydrogen-bond acceptors (Lipinski definition) is 5. The highest BCUT2D eigenvalue weighted by molar-refractivity contribution is 5.96. The summed E-state index contributed by atoms with van der Waals surface area (Å²) in [5, 5.41) is 4.44. The number of anilines is 1. The molecule has 0 amide bonds. The highest BCUT2D eigenvalue weighted by Crippen LogP contribution is 2.27. The molecule has 0 N–H and O–H groups in total. The van der Waals surface area contributed by atoms with Crippen LogP contribution in [0.4, 0.5) is 5.82 Å². The zero-order valence-electron chi connectivity index (χ0n) is 15.2. The Balaban J connectivity index is 1.65. The summed E-state index contributed by atoms with van der Waals surface area (Å²) in [5.41, 5.74) is 2.46. The summed E-state index contributed by atoms with van der Waals surface area (Å²) < 4.78 is 1.87. The van der Waals surface area contributed by atoms with Crippen molar-refractivity contribution in [2.75, 3.05) is 18.0 Å². The van der Waals surface area contributed by atoms with Crippen LogP contribution in [0.2, 0.25) is 0 Å². The first kappa shape index (κ1) is 16.7. The van der Waals surface area contributed by atoms with Gasteiger partial charge in [0.1, 0.15) is 11.5 Å². The quantitative estimate of drug-likeness (QED) is 0.676. The van der Waals surface area contributed by atoms with Crippen LogP contribution >= 0.6 is 0 Å². The Morgan fingerprint density at radius 1 is 1.23 bits per heavy atom. The fourth-order valence-electron chi connectivity index (χ4n) is 3.55. The van der Waals surface area contributed by atoms with Crippen LogP contribution in [0.5, 0.6) is 0 Å². The normalized spacial score (nSPS) is 17.8. The molecule has 1 aliphatic rings. The predicted molar refractivity (Wildman–Crippen MR) is 101 cm³/mol. The summed E-state index contributed by atoms with van der Waals surface area (Å²) in [6.45, 7) is 5.89. The summed E-state index contributed by atoms with van der Waals surface area (Å²) in [7, 11) is 0. The van der Waals surface area contributed by atoms with Crippen LogP contribution in [0, 0.1) is 5.92 Å². The molecule has 134 valence electrons. The number of hydrogen-bond donors (Lipinski definition) is 0. The average Bonchev–Trinajstić information content (AvgIpc) is 3.16. The molecule has 1 aliphatic heterocycles. The maximum absolute atomic E-state index is 12.8. The maximum Gasteiger partial charge on any atom is 0.185 e. The van der Waals surface area contributed by atoms with Gasteiger partial charge in [0.25, 0.3) is 0 Å². The van der Waals surface area contributed by atoms with Crippen molar-refractivity contribution in [2.24, 2.45) is 5.92 Å². The SMILES string of the molecule is CC(C)c1cc(N2CCC[C@H](C(=O)c3ccccn3)C2)n2nccc2n1. The molecule has 6 heteroatoms. The maximum atomic E-state index is 12.8. The molecule has 0 aromatic carbocycles. The van der Waals surface area contributed by atoms with Gasteiger partial charge in [0, 0.05) is 43.0 Å². The number of aromatic nitrogens is 4. The molecule has 0 saturated carbocycles. The number of nitrogens with zero attached hydrogens (tertiary/aromatic N) is 5. The lowest BCUT2D eigenvalue weighted by molar-refractivity contribution is 0.0902. The van der Waals surface area contributed by atoms with E-state index in [1.807, 2.05) is 22.7 Å². The van der Waals surface area contributed by atoms with Crippen molar-refractivity contribution in [3.63, 3.8) is 0 Å². The van der Waals surface area contributed by atoms with Gasteiger partial charge >= 0.3 is 0 Å². The summed E-state index contributed by atoms with van der Waals surface area (Å²) >= 11 is 0. The fraction of sp³-hybridized carbons (Fsp3) is 0.400. The Morgan fingerprint density at radius 2 is 2.12 bits per heavy atom. The molecule has 0 bridgehead atoms. The first-order valence-corrected chi connectivity index (χ1v) is 9.18. The number of carbonyl (C=O) groups is 1. The molecule has 1 fully saturated rings. The van der Waals surface area contributed by atoms with Crippen LogP contribution in [0.1, 0.15) is 48.8 Å². The topological polar surface area (TPSA) is 63.4 Å². The molecule has 3 aromatic rings. The second-order valence-electron chi connectivity index (χ2n) is 7.16. The minimum Gasteiger partial charge on any atom is -0.356 e. The van der Waals surface area contributed by atoms with Gasteiger partial charge in [0.2, 0.25) is 0 Å². The number of piperidine rings is 1. The van der Waals surface area contributed by atoms with E-state index in [9.17, 15) is 4.79 Å². The van der Waals surface area contributed by atoms with Crippen molar-refractivity contribution in [3.05, 3.63) is 54.1 Å². The third-order valence-corrected chi connectivity index (χ3v) is 4.99. The van der Waals surface area contributed by atoms with E-state index in [2.05, 4.69) is 39.9 Å². The standard InChI is InChI=1S/C20H23N5O/c1-14(2)17-12-19(25-18(23-17)8-10-22-25)24-11-5-6-15(13-24)20(26)16-7-3-4-9-21-16/h3-4,7-10,12,14-15H,5-6,11,13H2,1-2H3/t15-/m0/s1. The zero-order valence-corrected chi connectivity index (χ0v) is 15.2. The lowest BCUT2D eigenvalue weighted by Gasteiger charge is -2.33. The second-order valence-corrected chi connectivity index (χ2v) is 7.16. The molecule has 1 saturated heterocycles. The van der Waals surface area contributed by atoms with E-state index < -0.39 is 0 Å². The monoisotopic (exact) mass is 349 g/mol. The molecule has 3 aromatic heterocycles. The van der Waals surface area contributed by atoms with Gasteiger partial charge in [0.05, 0.1) is 6.20 Å². The van der Waals surface area contributed by atoms with E-state index in [1.54, 1.807) is 18.5 Å². The largest absolute Gasteiger partial charge is 0.356 e. The van der Waals surface area contributed by atoms with E-state index >= 15 is 0 Å². The van der Waals surface area contributed by atoms with Crippen LogP contribution < -0.4 is 4.90 Å². The summed E-state index contributed by atoms with van der Waals surface area (Å²) in [5.74, 6) is 1.44. The Labute approximate surface area is 152 Å². The van der Waals surface area contributed by atoms with Gasteiger partial charge in [-0.05, 0) is 30.9 Å². The van der Waals surface area contributed by atoms with Crippen LogP contribution in [-0.4, -0.2) is 38.5 Å². The minimum atomic E-state index is -0.0417. The van der Waals surface area contributed by atoms with Crippen LogP contribution in [0.3, 0.4) is 0 Å². The molecule has 0 unspecified atom stereocenters. The third kappa shape index (κ3) is 3.07. The summed E-state index contributed by atoms with van der Waals surface area (Å²) in [4.78, 5) is 24.0. The van der Waals surface area contributed by atoms with Crippen molar-refractivity contribution >= 4 is 17.2 Å². The Morgan fingerprint density at radius 3 is 2.88 bits per heavy atom. The van der Waals surface area contributed by atoms with Gasteiger partial charge in [-0.15, -0.1) is 0 Å². The Hall–Kier alpha value is -2.76. The zero-order chi connectivity index (χ0) is 18.1. The predicted octanol–water partition coefficient (Wildman–Crippen LogP) is 3.35. The number of ketones is 1. The average molecular weight is 349 g/mol. The van der Waals surface area contributed by atoms with E-state index in [4.69, 9.17) is 0 Å². The molecular formula is C20H23N5O. The third-order valence-electron chi connectivity index (χ3n) is 4.99.